The Labute approximate surface area is 97.7 Å². The highest BCUT2D eigenvalue weighted by atomic mass is 28.3. The summed E-state index contributed by atoms with van der Waals surface area (Å²) in [5.74, 6) is 0. The lowest BCUT2D eigenvalue weighted by Gasteiger charge is -2.19. The summed E-state index contributed by atoms with van der Waals surface area (Å²) >= 11 is 0. The Morgan fingerprint density at radius 1 is 0.750 bits per heavy atom. The molecular formula is C9H22O6Si. The van der Waals surface area contributed by atoms with Gasteiger partial charge in [-0.1, -0.05) is 0 Å². The van der Waals surface area contributed by atoms with Crippen LogP contribution in [-0.2, 0) is 13.3 Å². The summed E-state index contributed by atoms with van der Waals surface area (Å²) < 4.78 is 15.7. The lowest BCUT2D eigenvalue weighted by molar-refractivity contribution is 0.0132. The lowest BCUT2D eigenvalue weighted by Crippen LogP contribution is -2.34. The Kier molecular flexibility index (Phi) is 9.04. The highest BCUT2D eigenvalue weighted by Crippen LogP contribution is 1.98. The van der Waals surface area contributed by atoms with Gasteiger partial charge in [0.2, 0.25) is 0 Å². The number of hydrogen-bond acceptors (Lipinski definition) is 6. The van der Waals surface area contributed by atoms with Crippen LogP contribution >= 0.6 is 0 Å². The van der Waals surface area contributed by atoms with Crippen molar-refractivity contribution in [2.45, 2.75) is 39.1 Å². The summed E-state index contributed by atoms with van der Waals surface area (Å²) in [5.41, 5.74) is 0. The molecule has 3 N–H and O–H groups in total. The van der Waals surface area contributed by atoms with Crippen LogP contribution < -0.4 is 0 Å². The van der Waals surface area contributed by atoms with Gasteiger partial charge in [0.25, 0.3) is 0 Å². The predicted molar refractivity (Wildman–Crippen MR) is 60.0 cm³/mol. The Hall–Kier alpha value is -0.0231. The second-order valence-electron chi connectivity index (χ2n) is 3.84. The summed E-state index contributed by atoms with van der Waals surface area (Å²) in [4.78, 5) is 0. The van der Waals surface area contributed by atoms with E-state index in [0.717, 1.165) is 0 Å². The third kappa shape index (κ3) is 10.5. The molecule has 0 rings (SSSR count). The van der Waals surface area contributed by atoms with E-state index in [4.69, 9.17) is 28.6 Å². The second kappa shape index (κ2) is 9.05. The molecule has 0 aliphatic rings. The van der Waals surface area contributed by atoms with Gasteiger partial charge in [-0.25, -0.2) is 0 Å². The SMILES string of the molecule is CC(O)CO[SiH](OCC(C)O)OCC(C)O. The molecule has 3 atom stereocenters. The first-order valence-corrected chi connectivity index (χ1v) is 6.72. The van der Waals surface area contributed by atoms with Crippen molar-refractivity contribution in [3.05, 3.63) is 0 Å². The molecule has 16 heavy (non-hydrogen) atoms. The van der Waals surface area contributed by atoms with Crippen LogP contribution in [0.4, 0.5) is 0 Å². The standard InChI is InChI=1S/C9H22O6Si/c1-7(10)4-13-16(14-5-8(2)11)15-6-9(3)12/h7-12,16H,4-6H2,1-3H3. The van der Waals surface area contributed by atoms with E-state index in [0.29, 0.717) is 0 Å². The summed E-state index contributed by atoms with van der Waals surface area (Å²) in [5, 5.41) is 27.1. The normalized spacial score (nSPS) is 19.1. The molecule has 0 aliphatic heterocycles. The Morgan fingerprint density at radius 3 is 1.19 bits per heavy atom. The van der Waals surface area contributed by atoms with Crippen LogP contribution in [0.5, 0.6) is 0 Å². The minimum absolute atomic E-state index is 0.122. The molecule has 0 saturated heterocycles. The van der Waals surface area contributed by atoms with Gasteiger partial charge in [0.15, 0.2) is 0 Å². The fourth-order valence-corrected chi connectivity index (χ4v) is 2.39. The van der Waals surface area contributed by atoms with Gasteiger partial charge < -0.3 is 28.6 Å². The van der Waals surface area contributed by atoms with Crippen molar-refractivity contribution in [3.63, 3.8) is 0 Å². The summed E-state index contributed by atoms with van der Waals surface area (Å²) in [6.45, 7) is 5.14. The molecule has 0 aromatic heterocycles. The van der Waals surface area contributed by atoms with Crippen LogP contribution in [0.3, 0.4) is 0 Å². The smallest absolute Gasteiger partial charge is 0.391 e. The molecule has 0 heterocycles. The molecule has 0 amide bonds. The quantitative estimate of drug-likeness (QED) is 0.453. The topological polar surface area (TPSA) is 88.4 Å². The van der Waals surface area contributed by atoms with Crippen molar-refractivity contribution in [2.75, 3.05) is 19.8 Å². The first-order valence-electron chi connectivity index (χ1n) is 5.30. The van der Waals surface area contributed by atoms with E-state index in [1.54, 1.807) is 20.8 Å². The van der Waals surface area contributed by atoms with Crippen molar-refractivity contribution >= 4 is 9.53 Å². The van der Waals surface area contributed by atoms with Crippen LogP contribution in [0.1, 0.15) is 20.8 Å². The molecule has 3 unspecified atom stereocenters. The highest BCUT2D eigenvalue weighted by molar-refractivity contribution is 6.36. The van der Waals surface area contributed by atoms with Gasteiger partial charge in [-0.2, -0.15) is 0 Å². The van der Waals surface area contributed by atoms with Crippen LogP contribution in [0, 0.1) is 0 Å². The fourth-order valence-electron chi connectivity index (χ4n) is 0.798. The Morgan fingerprint density at radius 2 is 1.00 bits per heavy atom. The zero-order chi connectivity index (χ0) is 12.6. The molecule has 0 bridgehead atoms. The summed E-state index contributed by atoms with van der Waals surface area (Å²) in [6, 6.07) is 0. The van der Waals surface area contributed by atoms with Crippen molar-refractivity contribution in [1.82, 2.24) is 0 Å². The predicted octanol–water partition coefficient (Wildman–Crippen LogP) is -1.10. The Balaban J connectivity index is 3.85. The molecule has 0 saturated carbocycles. The van der Waals surface area contributed by atoms with Crippen LogP contribution in [-0.4, -0.2) is 63.0 Å². The van der Waals surface area contributed by atoms with E-state index >= 15 is 0 Å². The van der Waals surface area contributed by atoms with Crippen molar-refractivity contribution in [2.24, 2.45) is 0 Å². The van der Waals surface area contributed by atoms with Crippen molar-refractivity contribution in [3.8, 4) is 0 Å². The van der Waals surface area contributed by atoms with E-state index in [2.05, 4.69) is 0 Å². The maximum absolute atomic E-state index is 9.04. The van der Waals surface area contributed by atoms with E-state index in [1.165, 1.54) is 0 Å². The average Bonchev–Trinajstić information content (AvgIpc) is 2.15. The highest BCUT2D eigenvalue weighted by Gasteiger charge is 2.18. The largest absolute Gasteiger partial charge is 0.484 e. The van der Waals surface area contributed by atoms with E-state index in [1.807, 2.05) is 0 Å². The molecule has 7 heteroatoms. The van der Waals surface area contributed by atoms with Gasteiger partial charge in [-0.3, -0.25) is 0 Å². The van der Waals surface area contributed by atoms with E-state index in [-0.39, 0.29) is 19.8 Å². The van der Waals surface area contributed by atoms with Crippen LogP contribution in [0.2, 0.25) is 0 Å². The molecule has 0 spiro atoms. The molecule has 0 fully saturated rings. The van der Waals surface area contributed by atoms with Gasteiger partial charge >= 0.3 is 9.53 Å². The number of rotatable bonds is 9. The molecule has 0 aromatic carbocycles. The van der Waals surface area contributed by atoms with Gasteiger partial charge in [-0.05, 0) is 20.8 Å². The second-order valence-corrected chi connectivity index (χ2v) is 5.41. The van der Waals surface area contributed by atoms with Crippen molar-refractivity contribution in [1.29, 1.82) is 0 Å². The third-order valence-corrected chi connectivity index (χ3v) is 2.81. The zero-order valence-electron chi connectivity index (χ0n) is 10.00. The van der Waals surface area contributed by atoms with Crippen molar-refractivity contribution < 1.29 is 28.6 Å². The first-order chi connectivity index (χ1) is 7.41. The van der Waals surface area contributed by atoms with Gasteiger partial charge in [0.05, 0.1) is 38.1 Å². The number of aliphatic hydroxyl groups excluding tert-OH is 3. The minimum Gasteiger partial charge on any atom is -0.391 e. The van der Waals surface area contributed by atoms with E-state index < -0.39 is 27.8 Å². The maximum Gasteiger partial charge on any atom is 0.484 e. The monoisotopic (exact) mass is 254 g/mol. The van der Waals surface area contributed by atoms with Crippen LogP contribution in [0.25, 0.3) is 0 Å². The minimum atomic E-state index is -2.38. The molecule has 0 aliphatic carbocycles. The van der Waals surface area contributed by atoms with Gasteiger partial charge in [0.1, 0.15) is 0 Å². The van der Waals surface area contributed by atoms with Crippen LogP contribution in [0.15, 0.2) is 0 Å². The van der Waals surface area contributed by atoms with Gasteiger partial charge in [-0.15, -0.1) is 0 Å². The molecule has 0 radical (unpaired) electrons. The lowest BCUT2D eigenvalue weighted by atomic mass is 10.5. The molecule has 0 aromatic rings. The zero-order valence-corrected chi connectivity index (χ0v) is 11.2. The molecule has 6 nitrogen and oxygen atoms in total. The number of hydrogen-bond donors (Lipinski definition) is 3. The summed E-state index contributed by atoms with van der Waals surface area (Å²) in [6.07, 6.45) is -1.79. The fraction of sp³-hybridized carbons (Fsp3) is 1.00. The summed E-state index contributed by atoms with van der Waals surface area (Å²) in [7, 11) is -2.38. The first kappa shape index (κ1) is 16.0. The molecular weight excluding hydrogens is 232 g/mol. The molecule has 98 valence electrons. The number of aliphatic hydroxyl groups is 3. The Bertz CT molecular complexity index is 136. The third-order valence-electron chi connectivity index (χ3n) is 1.42. The maximum atomic E-state index is 9.04. The average molecular weight is 254 g/mol. The van der Waals surface area contributed by atoms with Gasteiger partial charge in [0, 0.05) is 0 Å². The van der Waals surface area contributed by atoms with E-state index in [9.17, 15) is 0 Å².